The largest absolute Gasteiger partial charge is 0.497 e. The van der Waals surface area contributed by atoms with Gasteiger partial charge in [0.2, 0.25) is 0 Å². The van der Waals surface area contributed by atoms with Crippen molar-refractivity contribution < 1.29 is 9.47 Å². The topological polar surface area (TPSA) is 30.8 Å². The van der Waals surface area contributed by atoms with Crippen molar-refractivity contribution in [3.63, 3.8) is 0 Å². The smallest absolute Gasteiger partial charge is 0.131 e. The summed E-state index contributed by atoms with van der Waals surface area (Å²) in [5.74, 6) is 2.98. The Labute approximate surface area is 165 Å². The molecule has 4 rings (SSSR count). The Morgan fingerprint density at radius 1 is 1.15 bits per heavy atom. The zero-order chi connectivity index (χ0) is 19.2. The minimum atomic E-state index is 0.0859. The van der Waals surface area contributed by atoms with E-state index in [0.29, 0.717) is 5.02 Å². The first-order valence-electron chi connectivity index (χ1n) is 9.29. The molecule has 1 heterocycles. The van der Waals surface area contributed by atoms with Crippen molar-refractivity contribution >= 4 is 23.0 Å². The number of halogens is 1. The zero-order valence-corrected chi connectivity index (χ0v) is 16.9. The van der Waals surface area contributed by atoms with Gasteiger partial charge < -0.3 is 9.47 Å². The number of aliphatic imine (C=N–C) groups is 1. The summed E-state index contributed by atoms with van der Waals surface area (Å²) in [7, 11) is 1.69. The maximum Gasteiger partial charge on any atom is 0.131 e. The highest BCUT2D eigenvalue weighted by atomic mass is 35.5. The molecule has 0 saturated carbocycles. The van der Waals surface area contributed by atoms with Crippen molar-refractivity contribution in [3.8, 4) is 11.5 Å². The maximum atomic E-state index is 6.38. The van der Waals surface area contributed by atoms with Crippen LogP contribution in [0.4, 0.5) is 5.69 Å². The van der Waals surface area contributed by atoms with Crippen LogP contribution in [-0.4, -0.2) is 12.8 Å². The van der Waals surface area contributed by atoms with Crippen LogP contribution >= 0.6 is 11.6 Å². The van der Waals surface area contributed by atoms with Gasteiger partial charge in [0.1, 0.15) is 17.3 Å². The molecule has 140 valence electrons. The molecule has 0 radical (unpaired) electrons. The molecule has 27 heavy (non-hydrogen) atoms. The first-order chi connectivity index (χ1) is 12.9. The van der Waals surface area contributed by atoms with Crippen LogP contribution in [0.25, 0.3) is 0 Å². The lowest BCUT2D eigenvalue weighted by Crippen LogP contribution is -2.32. The summed E-state index contributed by atoms with van der Waals surface area (Å²) in [6.45, 7) is 6.74. The molecule has 0 bridgehead atoms. The summed E-state index contributed by atoms with van der Waals surface area (Å²) in [5.41, 5.74) is 4.29. The number of fused-ring (bicyclic) bond motifs is 1. The van der Waals surface area contributed by atoms with E-state index >= 15 is 0 Å². The summed E-state index contributed by atoms with van der Waals surface area (Å²) >= 11 is 6.38. The number of ether oxygens (including phenoxy) is 2. The normalized spacial score (nSPS) is 22.1. The van der Waals surface area contributed by atoms with E-state index < -0.39 is 0 Å². The van der Waals surface area contributed by atoms with Crippen LogP contribution in [0.5, 0.6) is 11.5 Å². The number of allylic oxidation sites excluding steroid dienone is 2. The number of benzene rings is 2. The molecular formula is C23H24ClNO2. The summed E-state index contributed by atoms with van der Waals surface area (Å²) < 4.78 is 11.8. The van der Waals surface area contributed by atoms with Gasteiger partial charge >= 0.3 is 0 Å². The van der Waals surface area contributed by atoms with E-state index in [2.05, 4.69) is 26.8 Å². The SMILES string of the molecule is COc1ccc2c(c1)[C@H](C)C1=C(CC(C)(C)CC1=Nc1ccccc1Cl)O2. The third-order valence-electron chi connectivity index (χ3n) is 5.35. The Kier molecular flexibility index (Phi) is 4.51. The van der Waals surface area contributed by atoms with Crippen LogP contribution in [0.2, 0.25) is 5.02 Å². The third-order valence-corrected chi connectivity index (χ3v) is 5.67. The highest BCUT2D eigenvalue weighted by Crippen LogP contribution is 2.49. The molecule has 3 nitrogen and oxygen atoms in total. The van der Waals surface area contributed by atoms with Crippen LogP contribution in [0, 0.1) is 5.41 Å². The van der Waals surface area contributed by atoms with Crippen molar-refractivity contribution in [1.29, 1.82) is 0 Å². The maximum absolute atomic E-state index is 6.38. The average molecular weight is 382 g/mol. The zero-order valence-electron chi connectivity index (χ0n) is 16.2. The molecule has 1 aliphatic carbocycles. The lowest BCUT2D eigenvalue weighted by Gasteiger charge is -2.39. The number of hydrogen-bond donors (Lipinski definition) is 0. The minimum Gasteiger partial charge on any atom is -0.497 e. The van der Waals surface area contributed by atoms with E-state index in [1.54, 1.807) is 7.11 Å². The lowest BCUT2D eigenvalue weighted by molar-refractivity contribution is 0.277. The average Bonchev–Trinajstić information content (AvgIpc) is 2.62. The second-order valence-corrected chi connectivity index (χ2v) is 8.50. The first-order valence-corrected chi connectivity index (χ1v) is 9.67. The molecule has 0 amide bonds. The van der Waals surface area contributed by atoms with Gasteiger partial charge in [-0.25, -0.2) is 0 Å². The molecule has 0 aromatic heterocycles. The van der Waals surface area contributed by atoms with E-state index in [-0.39, 0.29) is 11.3 Å². The molecule has 4 heteroatoms. The van der Waals surface area contributed by atoms with Crippen LogP contribution in [0.3, 0.4) is 0 Å². The fourth-order valence-electron chi connectivity index (χ4n) is 4.04. The highest BCUT2D eigenvalue weighted by molar-refractivity contribution is 6.33. The standard InChI is InChI=1S/C23H24ClNO2/c1-14-16-11-15(26-4)9-10-20(16)27-21-13-23(2,3)12-19(22(14)21)25-18-8-6-5-7-17(18)24/h5-11,14H,12-13H2,1-4H3/t14-/m0/s1. The second kappa shape index (κ2) is 6.72. The molecule has 0 unspecified atom stereocenters. The minimum absolute atomic E-state index is 0.0859. The van der Waals surface area contributed by atoms with Crippen molar-refractivity contribution in [2.24, 2.45) is 10.4 Å². The Hall–Kier alpha value is -2.26. The summed E-state index contributed by atoms with van der Waals surface area (Å²) in [4.78, 5) is 4.98. The van der Waals surface area contributed by atoms with E-state index in [4.69, 9.17) is 26.1 Å². The van der Waals surface area contributed by atoms with Gasteiger partial charge in [0.05, 0.1) is 17.8 Å². The van der Waals surface area contributed by atoms with Gasteiger partial charge in [0.15, 0.2) is 0 Å². The Morgan fingerprint density at radius 3 is 2.67 bits per heavy atom. The first kappa shape index (κ1) is 18.1. The van der Waals surface area contributed by atoms with E-state index in [9.17, 15) is 0 Å². The van der Waals surface area contributed by atoms with Crippen molar-refractivity contribution in [2.75, 3.05) is 7.11 Å². The Morgan fingerprint density at radius 2 is 1.93 bits per heavy atom. The molecule has 2 aromatic rings. The lowest BCUT2D eigenvalue weighted by atomic mass is 9.71. The van der Waals surface area contributed by atoms with Crippen molar-refractivity contribution in [2.45, 2.75) is 39.5 Å². The van der Waals surface area contributed by atoms with Gasteiger partial charge in [-0.3, -0.25) is 4.99 Å². The van der Waals surface area contributed by atoms with E-state index in [1.807, 2.05) is 36.4 Å². The molecule has 2 aliphatic rings. The van der Waals surface area contributed by atoms with Gasteiger partial charge in [-0.1, -0.05) is 44.5 Å². The van der Waals surface area contributed by atoms with Crippen molar-refractivity contribution in [3.05, 3.63) is 64.4 Å². The fraction of sp³-hybridized carbons (Fsp3) is 0.348. The Bertz CT molecular complexity index is 959. The fourth-order valence-corrected chi connectivity index (χ4v) is 4.22. The summed E-state index contributed by atoms with van der Waals surface area (Å²) in [5, 5.41) is 0.668. The molecule has 0 spiro atoms. The molecule has 1 atom stereocenters. The number of hydrogen-bond acceptors (Lipinski definition) is 3. The number of rotatable bonds is 2. The van der Waals surface area contributed by atoms with E-state index in [1.165, 1.54) is 5.57 Å². The number of nitrogens with zero attached hydrogens (tertiary/aromatic N) is 1. The van der Waals surface area contributed by atoms with Gasteiger partial charge in [0.25, 0.3) is 0 Å². The van der Waals surface area contributed by atoms with Gasteiger partial charge in [0, 0.05) is 29.2 Å². The number of para-hydroxylation sites is 1. The monoisotopic (exact) mass is 381 g/mol. The van der Waals surface area contributed by atoms with Crippen LogP contribution in [0.15, 0.2) is 58.8 Å². The summed E-state index contributed by atoms with van der Waals surface area (Å²) in [6.07, 6.45) is 1.80. The number of methoxy groups -OCH3 is 1. The predicted molar refractivity (Wildman–Crippen MR) is 111 cm³/mol. The summed E-state index contributed by atoms with van der Waals surface area (Å²) in [6, 6.07) is 13.8. The van der Waals surface area contributed by atoms with Gasteiger partial charge in [-0.05, 0) is 42.2 Å². The quantitative estimate of drug-likeness (QED) is 0.580. The molecular weight excluding hydrogens is 358 g/mol. The van der Waals surface area contributed by atoms with Gasteiger partial charge in [-0.15, -0.1) is 0 Å². The molecule has 2 aromatic carbocycles. The van der Waals surface area contributed by atoms with Crippen LogP contribution in [0.1, 0.15) is 45.1 Å². The molecule has 0 N–H and O–H groups in total. The molecule has 0 fully saturated rings. The third kappa shape index (κ3) is 3.37. The second-order valence-electron chi connectivity index (χ2n) is 8.09. The van der Waals surface area contributed by atoms with Gasteiger partial charge in [-0.2, -0.15) is 0 Å². The Balaban J connectivity index is 1.84. The highest BCUT2D eigenvalue weighted by Gasteiger charge is 2.38. The van der Waals surface area contributed by atoms with Crippen molar-refractivity contribution in [1.82, 2.24) is 0 Å². The molecule has 0 saturated heterocycles. The predicted octanol–water partition coefficient (Wildman–Crippen LogP) is 6.69. The van der Waals surface area contributed by atoms with E-state index in [0.717, 1.165) is 47.1 Å². The van der Waals surface area contributed by atoms with Crippen LogP contribution < -0.4 is 9.47 Å². The molecule has 1 aliphatic heterocycles. The van der Waals surface area contributed by atoms with Crippen LogP contribution in [-0.2, 0) is 0 Å².